The molecule has 0 aliphatic heterocycles. The first kappa shape index (κ1) is 14.5. The average Bonchev–Trinajstić information content (AvgIpc) is 2.21. The van der Waals surface area contributed by atoms with Crippen molar-refractivity contribution >= 4 is 23.0 Å². The second kappa shape index (κ2) is 13.5. The van der Waals surface area contributed by atoms with Gasteiger partial charge < -0.3 is 22.4 Å². The molecule has 0 amide bonds. The van der Waals surface area contributed by atoms with Crippen molar-refractivity contribution in [2.24, 2.45) is 0 Å². The minimum Gasteiger partial charge on any atom is -0.394 e. The quantitative estimate of drug-likeness (QED) is 0.441. The highest BCUT2D eigenvalue weighted by Crippen LogP contribution is 1.85. The molecule has 0 atom stereocenters. The first-order chi connectivity index (χ1) is 6.91. The van der Waals surface area contributed by atoms with E-state index in [1.807, 2.05) is 23.0 Å². The molecule has 0 fully saturated rings. The summed E-state index contributed by atoms with van der Waals surface area (Å²) in [5.74, 6) is 0. The summed E-state index contributed by atoms with van der Waals surface area (Å²) in [6.07, 6.45) is 0. The van der Waals surface area contributed by atoms with Crippen LogP contribution in [-0.2, 0) is 17.3 Å². The Morgan fingerprint density at radius 2 is 1.14 bits per heavy atom. The van der Waals surface area contributed by atoms with Crippen molar-refractivity contribution in [1.82, 2.24) is 0 Å². The van der Waals surface area contributed by atoms with Crippen molar-refractivity contribution in [3.63, 3.8) is 0 Å². The maximum atomic E-state index is 8.39. The Kier molecular flexibility index (Phi) is 14.0. The van der Waals surface area contributed by atoms with E-state index in [-0.39, 0.29) is 6.61 Å². The van der Waals surface area contributed by atoms with Crippen LogP contribution in [0.3, 0.4) is 0 Å². The zero-order valence-corrected chi connectivity index (χ0v) is 10.3. The first-order valence-electron chi connectivity index (χ1n) is 4.49. The zero-order valence-electron chi connectivity index (χ0n) is 8.12. The number of halogens is 1. The van der Waals surface area contributed by atoms with Gasteiger partial charge in [-0.3, -0.25) is 0 Å². The van der Waals surface area contributed by atoms with Crippen molar-refractivity contribution in [2.45, 2.75) is 0 Å². The summed E-state index contributed by atoms with van der Waals surface area (Å²) in [6.45, 7) is 3.78. The summed E-state index contributed by atoms with van der Waals surface area (Å²) in [6, 6.07) is 0. The lowest BCUT2D eigenvalue weighted by Crippen LogP contribution is -2.11. The van der Waals surface area contributed by atoms with Crippen LogP contribution in [0.25, 0.3) is 0 Å². The van der Waals surface area contributed by atoms with Crippen LogP contribution in [0, 0.1) is 0 Å². The molecule has 0 saturated carbocycles. The molecule has 0 aromatic heterocycles. The Bertz CT molecular complexity index is 91.7. The van der Waals surface area contributed by atoms with E-state index in [2.05, 4.69) is 0 Å². The predicted octanol–water partition coefficient (Wildman–Crippen LogP) is 0.395. The van der Waals surface area contributed by atoms with E-state index in [1.54, 1.807) is 0 Å². The molecule has 0 aromatic rings. The Morgan fingerprint density at radius 1 is 0.714 bits per heavy atom. The molecule has 0 aromatic carbocycles. The minimum atomic E-state index is 0.0550. The molecule has 0 spiro atoms. The van der Waals surface area contributed by atoms with Gasteiger partial charge in [0.15, 0.2) is 0 Å². The standard InChI is InChI=1S/C8H17IO5/c9-14-8-7-13-6-5-12-4-3-11-2-1-10/h10H,1-8H2. The van der Waals surface area contributed by atoms with Gasteiger partial charge in [0.25, 0.3) is 0 Å². The molecule has 0 saturated heterocycles. The predicted molar refractivity (Wildman–Crippen MR) is 59.5 cm³/mol. The van der Waals surface area contributed by atoms with Crippen LogP contribution in [-0.4, -0.2) is 58.0 Å². The van der Waals surface area contributed by atoms with Gasteiger partial charge in [0.05, 0.1) is 52.9 Å². The van der Waals surface area contributed by atoms with Crippen molar-refractivity contribution < 1.29 is 22.4 Å². The van der Waals surface area contributed by atoms with Gasteiger partial charge in [-0.1, -0.05) is 0 Å². The van der Waals surface area contributed by atoms with E-state index in [4.69, 9.17) is 22.4 Å². The first-order valence-corrected chi connectivity index (χ1v) is 5.37. The topological polar surface area (TPSA) is 57.2 Å². The lowest BCUT2D eigenvalue weighted by Gasteiger charge is -2.05. The van der Waals surface area contributed by atoms with E-state index >= 15 is 0 Å². The van der Waals surface area contributed by atoms with Gasteiger partial charge in [0, 0.05) is 0 Å². The Labute approximate surface area is 98.4 Å². The SMILES string of the molecule is OCCOCCOCCOCCOI. The molecule has 0 radical (unpaired) electrons. The number of aliphatic hydroxyl groups excluding tert-OH is 1. The Hall–Kier alpha value is 0.530. The fourth-order valence-electron chi connectivity index (χ4n) is 0.697. The lowest BCUT2D eigenvalue weighted by atomic mass is 10.7. The van der Waals surface area contributed by atoms with Crippen LogP contribution < -0.4 is 0 Å². The van der Waals surface area contributed by atoms with Crippen LogP contribution in [0.2, 0.25) is 0 Å². The summed E-state index contributed by atoms with van der Waals surface area (Å²) in [5.41, 5.74) is 0. The summed E-state index contributed by atoms with van der Waals surface area (Å²) in [4.78, 5) is 0. The van der Waals surface area contributed by atoms with E-state index < -0.39 is 0 Å². The van der Waals surface area contributed by atoms with Crippen molar-refractivity contribution in [1.29, 1.82) is 0 Å². The van der Waals surface area contributed by atoms with Gasteiger partial charge in [-0.2, -0.15) is 0 Å². The largest absolute Gasteiger partial charge is 0.394 e. The minimum absolute atomic E-state index is 0.0550. The van der Waals surface area contributed by atoms with Crippen LogP contribution in [0.5, 0.6) is 0 Å². The molecule has 14 heavy (non-hydrogen) atoms. The van der Waals surface area contributed by atoms with Crippen LogP contribution in [0.1, 0.15) is 0 Å². The van der Waals surface area contributed by atoms with Gasteiger partial charge in [0.1, 0.15) is 23.0 Å². The highest BCUT2D eigenvalue weighted by Gasteiger charge is 1.90. The summed E-state index contributed by atoms with van der Waals surface area (Å²) in [7, 11) is 0. The molecule has 0 aliphatic carbocycles. The van der Waals surface area contributed by atoms with E-state index in [0.29, 0.717) is 46.2 Å². The zero-order chi connectivity index (χ0) is 10.5. The lowest BCUT2D eigenvalue weighted by molar-refractivity contribution is 0.00520. The smallest absolute Gasteiger partial charge is 0.109 e. The molecule has 0 bridgehead atoms. The molecule has 0 aliphatic rings. The van der Waals surface area contributed by atoms with Gasteiger partial charge in [-0.25, -0.2) is 0 Å². The fraction of sp³-hybridized carbons (Fsp3) is 1.00. The normalized spacial score (nSPS) is 10.7. The van der Waals surface area contributed by atoms with E-state index in [9.17, 15) is 0 Å². The maximum Gasteiger partial charge on any atom is 0.109 e. The molecule has 86 valence electrons. The summed E-state index contributed by atoms with van der Waals surface area (Å²) in [5, 5.41) is 8.39. The molecule has 0 unspecified atom stereocenters. The Morgan fingerprint density at radius 3 is 1.57 bits per heavy atom. The molecule has 0 rings (SSSR count). The van der Waals surface area contributed by atoms with Gasteiger partial charge >= 0.3 is 0 Å². The van der Waals surface area contributed by atoms with Gasteiger partial charge in [0.2, 0.25) is 0 Å². The third-order valence-corrected chi connectivity index (χ3v) is 1.72. The highest BCUT2D eigenvalue weighted by molar-refractivity contribution is 14.1. The highest BCUT2D eigenvalue weighted by atomic mass is 127. The Balaban J connectivity index is 2.78. The molecular weight excluding hydrogens is 303 g/mol. The molecule has 5 nitrogen and oxygen atoms in total. The monoisotopic (exact) mass is 320 g/mol. The molecular formula is C8H17IO5. The van der Waals surface area contributed by atoms with Gasteiger partial charge in [-0.05, 0) is 0 Å². The van der Waals surface area contributed by atoms with E-state index in [0.717, 1.165) is 0 Å². The number of hydrogen-bond acceptors (Lipinski definition) is 5. The number of rotatable bonds is 11. The maximum absolute atomic E-state index is 8.39. The summed E-state index contributed by atoms with van der Waals surface area (Å²) >= 11 is 1.83. The third-order valence-electron chi connectivity index (χ3n) is 1.28. The number of ether oxygens (including phenoxy) is 3. The van der Waals surface area contributed by atoms with Crippen LogP contribution in [0.15, 0.2) is 0 Å². The van der Waals surface area contributed by atoms with Crippen LogP contribution in [0.4, 0.5) is 0 Å². The number of aliphatic hydroxyl groups is 1. The fourth-order valence-corrected chi connectivity index (χ4v) is 0.877. The average molecular weight is 320 g/mol. The second-order valence-electron chi connectivity index (χ2n) is 2.37. The van der Waals surface area contributed by atoms with E-state index in [1.165, 1.54) is 0 Å². The molecule has 6 heteroatoms. The van der Waals surface area contributed by atoms with Crippen molar-refractivity contribution in [2.75, 3.05) is 52.9 Å². The van der Waals surface area contributed by atoms with Crippen molar-refractivity contribution in [3.8, 4) is 0 Å². The summed E-state index contributed by atoms with van der Waals surface area (Å²) < 4.78 is 20.1. The molecule has 1 N–H and O–H groups in total. The third kappa shape index (κ3) is 12.5. The number of hydrogen-bond donors (Lipinski definition) is 1. The van der Waals surface area contributed by atoms with Gasteiger partial charge in [-0.15, -0.1) is 0 Å². The van der Waals surface area contributed by atoms with Crippen molar-refractivity contribution in [3.05, 3.63) is 0 Å². The molecule has 0 heterocycles. The van der Waals surface area contributed by atoms with Crippen LogP contribution >= 0.6 is 23.0 Å². The second-order valence-corrected chi connectivity index (χ2v) is 3.00.